The van der Waals surface area contributed by atoms with Gasteiger partial charge >= 0.3 is 0 Å². The van der Waals surface area contributed by atoms with Gasteiger partial charge in [-0.3, -0.25) is 4.72 Å². The molecule has 1 heterocycles. The van der Waals surface area contributed by atoms with Crippen molar-refractivity contribution < 1.29 is 13.5 Å². The van der Waals surface area contributed by atoms with Crippen LogP contribution in [0.25, 0.3) is 0 Å². The summed E-state index contributed by atoms with van der Waals surface area (Å²) in [6.07, 6.45) is 2.91. The fourth-order valence-electron chi connectivity index (χ4n) is 1.56. The van der Waals surface area contributed by atoms with Crippen LogP contribution in [0.1, 0.15) is 11.1 Å². The summed E-state index contributed by atoms with van der Waals surface area (Å²) in [4.78, 5) is 7.60. The number of aliphatic hydroxyl groups is 1. The predicted octanol–water partition coefficient (Wildman–Crippen LogP) is 0.911. The molecule has 1 aromatic carbocycles. The molecule has 0 fully saturated rings. The van der Waals surface area contributed by atoms with Crippen molar-refractivity contribution in [1.29, 1.82) is 0 Å². The maximum Gasteiger partial charge on any atom is 0.239 e. The number of nitrogens with one attached hydrogen (secondary N) is 1. The second-order valence-electron chi connectivity index (χ2n) is 3.91. The van der Waals surface area contributed by atoms with Gasteiger partial charge in [-0.2, -0.15) is 0 Å². The van der Waals surface area contributed by atoms with Crippen LogP contribution in [-0.2, 0) is 22.4 Å². The summed E-state index contributed by atoms with van der Waals surface area (Å²) in [5, 5.41) is 9.01. The quantitative estimate of drug-likeness (QED) is 0.848. The molecular weight excluding hydrogens is 266 g/mol. The topological polar surface area (TPSA) is 92.2 Å². The molecule has 7 heteroatoms. The molecule has 2 N–H and O–H groups in total. The van der Waals surface area contributed by atoms with Crippen LogP contribution in [0, 0.1) is 0 Å². The molecule has 100 valence electrons. The van der Waals surface area contributed by atoms with E-state index in [0.29, 0.717) is 11.1 Å². The minimum Gasteiger partial charge on any atom is -0.392 e. The lowest BCUT2D eigenvalue weighted by molar-refractivity contribution is 0.282. The summed E-state index contributed by atoms with van der Waals surface area (Å²) >= 11 is 0. The highest BCUT2D eigenvalue weighted by molar-refractivity contribution is 7.91. The Balaban J connectivity index is 2.12. The van der Waals surface area contributed by atoms with E-state index < -0.39 is 10.0 Å². The van der Waals surface area contributed by atoms with Gasteiger partial charge in [-0.25, -0.2) is 18.4 Å². The Morgan fingerprint density at radius 1 is 1.11 bits per heavy atom. The summed E-state index contributed by atoms with van der Waals surface area (Å²) < 4.78 is 26.1. The Kier molecular flexibility index (Phi) is 4.08. The Morgan fingerprint density at radius 2 is 1.79 bits per heavy atom. The van der Waals surface area contributed by atoms with Gasteiger partial charge in [-0.15, -0.1) is 0 Å². The van der Waals surface area contributed by atoms with Gasteiger partial charge < -0.3 is 5.11 Å². The van der Waals surface area contributed by atoms with Crippen molar-refractivity contribution in [3.63, 3.8) is 0 Å². The summed E-state index contributed by atoms with van der Waals surface area (Å²) in [5.74, 6) is -0.153. The Labute approximate surface area is 111 Å². The SMILES string of the molecule is O=S(=O)(Cc1cccc(CO)c1)Nc1ncccn1. The van der Waals surface area contributed by atoms with Crippen LogP contribution in [0.4, 0.5) is 5.95 Å². The molecule has 0 spiro atoms. The maximum atomic E-state index is 11.9. The lowest BCUT2D eigenvalue weighted by atomic mass is 10.1. The number of hydrogen-bond donors (Lipinski definition) is 2. The van der Waals surface area contributed by atoms with E-state index >= 15 is 0 Å². The molecule has 0 aliphatic rings. The fraction of sp³-hybridized carbons (Fsp3) is 0.167. The average molecular weight is 279 g/mol. The van der Waals surface area contributed by atoms with Crippen molar-refractivity contribution in [3.05, 3.63) is 53.9 Å². The smallest absolute Gasteiger partial charge is 0.239 e. The molecule has 2 rings (SSSR count). The van der Waals surface area contributed by atoms with Gasteiger partial charge in [-0.1, -0.05) is 24.3 Å². The summed E-state index contributed by atoms with van der Waals surface area (Å²) in [6.45, 7) is -0.122. The molecule has 6 nitrogen and oxygen atoms in total. The highest BCUT2D eigenvalue weighted by Crippen LogP contribution is 2.11. The molecule has 1 aromatic heterocycles. The van der Waals surface area contributed by atoms with Gasteiger partial charge in [0.25, 0.3) is 0 Å². The van der Waals surface area contributed by atoms with Crippen LogP contribution < -0.4 is 4.72 Å². The van der Waals surface area contributed by atoms with E-state index in [2.05, 4.69) is 14.7 Å². The average Bonchev–Trinajstić information content (AvgIpc) is 2.39. The van der Waals surface area contributed by atoms with Crippen molar-refractivity contribution in [2.24, 2.45) is 0 Å². The molecule has 0 aliphatic carbocycles. The highest BCUT2D eigenvalue weighted by atomic mass is 32.2. The summed E-state index contributed by atoms with van der Waals surface area (Å²) in [6, 6.07) is 8.36. The van der Waals surface area contributed by atoms with Gasteiger partial charge in [0.2, 0.25) is 16.0 Å². The van der Waals surface area contributed by atoms with Crippen molar-refractivity contribution >= 4 is 16.0 Å². The van der Waals surface area contributed by atoms with E-state index in [9.17, 15) is 8.42 Å². The van der Waals surface area contributed by atoms with Crippen LogP contribution in [0.2, 0.25) is 0 Å². The molecule has 19 heavy (non-hydrogen) atoms. The predicted molar refractivity (Wildman–Crippen MR) is 70.6 cm³/mol. The third-order valence-corrected chi connectivity index (χ3v) is 3.55. The first-order valence-electron chi connectivity index (χ1n) is 5.55. The van der Waals surface area contributed by atoms with Crippen molar-refractivity contribution in [2.45, 2.75) is 12.4 Å². The summed E-state index contributed by atoms with van der Waals surface area (Å²) in [5.41, 5.74) is 1.26. The van der Waals surface area contributed by atoms with Crippen molar-refractivity contribution in [3.8, 4) is 0 Å². The van der Waals surface area contributed by atoms with E-state index in [1.165, 1.54) is 12.4 Å². The normalized spacial score (nSPS) is 11.2. The second-order valence-corrected chi connectivity index (χ2v) is 5.63. The van der Waals surface area contributed by atoms with E-state index in [4.69, 9.17) is 5.11 Å². The van der Waals surface area contributed by atoms with Gasteiger partial charge in [-0.05, 0) is 17.2 Å². The van der Waals surface area contributed by atoms with Crippen molar-refractivity contribution in [2.75, 3.05) is 4.72 Å². The fourth-order valence-corrected chi connectivity index (χ4v) is 2.64. The molecule has 0 radical (unpaired) electrons. The molecule has 0 bridgehead atoms. The van der Waals surface area contributed by atoms with Gasteiger partial charge in [0.05, 0.1) is 12.4 Å². The molecule has 0 saturated heterocycles. The Morgan fingerprint density at radius 3 is 2.47 bits per heavy atom. The summed E-state index contributed by atoms with van der Waals surface area (Å²) in [7, 11) is -3.57. The standard InChI is InChI=1S/C12H13N3O3S/c16-8-10-3-1-4-11(7-10)9-19(17,18)15-12-13-5-2-6-14-12/h1-7,16H,8-9H2,(H,13,14,15). The number of sulfonamides is 1. The molecule has 0 aliphatic heterocycles. The number of anilines is 1. The number of rotatable bonds is 5. The monoisotopic (exact) mass is 279 g/mol. The largest absolute Gasteiger partial charge is 0.392 e. The van der Waals surface area contributed by atoms with Crippen molar-refractivity contribution in [1.82, 2.24) is 9.97 Å². The van der Waals surface area contributed by atoms with E-state index in [1.807, 2.05) is 0 Å². The first kappa shape index (κ1) is 13.4. The minimum absolute atomic E-state index is 0.0424. The first-order valence-corrected chi connectivity index (χ1v) is 7.20. The zero-order valence-corrected chi connectivity index (χ0v) is 10.8. The Hall–Kier alpha value is -1.99. The van der Waals surface area contributed by atoms with Gasteiger partial charge in [0, 0.05) is 12.4 Å². The van der Waals surface area contributed by atoms with E-state index in [1.54, 1.807) is 30.3 Å². The van der Waals surface area contributed by atoms with Gasteiger partial charge in [0.1, 0.15) is 0 Å². The van der Waals surface area contributed by atoms with E-state index in [-0.39, 0.29) is 18.3 Å². The lowest BCUT2D eigenvalue weighted by Crippen LogP contribution is -2.16. The molecule has 0 amide bonds. The van der Waals surface area contributed by atoms with Crippen LogP contribution in [0.3, 0.4) is 0 Å². The molecule has 0 saturated carbocycles. The van der Waals surface area contributed by atoms with Crippen LogP contribution in [0.15, 0.2) is 42.7 Å². The minimum atomic E-state index is -3.57. The maximum absolute atomic E-state index is 11.9. The first-order chi connectivity index (χ1) is 9.09. The highest BCUT2D eigenvalue weighted by Gasteiger charge is 2.13. The molecule has 0 unspecified atom stereocenters. The molecule has 2 aromatic rings. The molecule has 0 atom stereocenters. The number of hydrogen-bond acceptors (Lipinski definition) is 5. The lowest BCUT2D eigenvalue weighted by Gasteiger charge is -2.07. The molecular formula is C12H13N3O3S. The zero-order valence-electron chi connectivity index (χ0n) is 10.0. The van der Waals surface area contributed by atoms with Gasteiger partial charge in [0.15, 0.2) is 0 Å². The van der Waals surface area contributed by atoms with Crippen LogP contribution in [-0.4, -0.2) is 23.5 Å². The number of benzene rings is 1. The number of nitrogens with zero attached hydrogens (tertiary/aromatic N) is 2. The third kappa shape index (κ3) is 4.01. The third-order valence-electron chi connectivity index (χ3n) is 2.34. The Bertz CT molecular complexity index is 644. The number of aliphatic hydroxyl groups excluding tert-OH is 1. The zero-order chi connectivity index (χ0) is 13.7. The second kappa shape index (κ2) is 5.77. The van der Waals surface area contributed by atoms with E-state index in [0.717, 1.165) is 0 Å². The van der Waals surface area contributed by atoms with Crippen LogP contribution >= 0.6 is 0 Å². The number of aromatic nitrogens is 2. The van der Waals surface area contributed by atoms with Crippen LogP contribution in [0.5, 0.6) is 0 Å².